The van der Waals surface area contributed by atoms with Gasteiger partial charge in [-0.1, -0.05) is 48.5 Å². The van der Waals surface area contributed by atoms with Crippen LogP contribution in [0.15, 0.2) is 60.7 Å². The normalized spacial score (nSPS) is 13.6. The predicted molar refractivity (Wildman–Crippen MR) is 95.1 cm³/mol. The zero-order valence-electron chi connectivity index (χ0n) is 13.8. The van der Waals surface area contributed by atoms with E-state index in [2.05, 4.69) is 10.2 Å². The third-order valence-corrected chi connectivity index (χ3v) is 4.40. The van der Waals surface area contributed by atoms with Gasteiger partial charge in [0.2, 0.25) is 5.91 Å². The molecule has 0 atom stereocenters. The monoisotopic (exact) mass is 333 g/mol. The van der Waals surface area contributed by atoms with Crippen molar-refractivity contribution in [1.82, 2.24) is 15.1 Å². The molecule has 2 heterocycles. The molecular formula is C20H19N3O2. The van der Waals surface area contributed by atoms with Crippen LogP contribution >= 0.6 is 0 Å². The van der Waals surface area contributed by atoms with Crippen molar-refractivity contribution < 1.29 is 9.53 Å². The van der Waals surface area contributed by atoms with Gasteiger partial charge < -0.3 is 9.64 Å². The van der Waals surface area contributed by atoms with Gasteiger partial charge >= 0.3 is 0 Å². The van der Waals surface area contributed by atoms with Crippen molar-refractivity contribution in [2.75, 3.05) is 13.2 Å². The topological polar surface area (TPSA) is 58.2 Å². The molecule has 25 heavy (non-hydrogen) atoms. The number of carbonyl (C=O) groups excluding carboxylic acids is 1. The van der Waals surface area contributed by atoms with Crippen LogP contribution in [0.3, 0.4) is 0 Å². The summed E-state index contributed by atoms with van der Waals surface area (Å²) in [6.45, 7) is 1.59. The lowest BCUT2D eigenvalue weighted by atomic mass is 9.99. The smallest absolute Gasteiger partial charge is 0.227 e. The highest BCUT2D eigenvalue weighted by molar-refractivity contribution is 5.83. The van der Waals surface area contributed by atoms with E-state index in [1.807, 2.05) is 65.6 Å². The van der Waals surface area contributed by atoms with Crippen molar-refractivity contribution in [2.45, 2.75) is 13.0 Å². The molecule has 2 aromatic carbocycles. The first-order chi connectivity index (χ1) is 12.3. The lowest BCUT2D eigenvalue weighted by molar-refractivity contribution is -0.132. The molecule has 0 bridgehead atoms. The average molecular weight is 333 g/mol. The second-order valence-corrected chi connectivity index (χ2v) is 6.05. The molecule has 0 spiro atoms. The first kappa shape index (κ1) is 15.4. The summed E-state index contributed by atoms with van der Waals surface area (Å²) in [5.74, 6) is 0.934. The second kappa shape index (κ2) is 6.81. The molecule has 1 aliphatic heterocycles. The minimum Gasteiger partial charge on any atom is -0.492 e. The molecule has 126 valence electrons. The number of carbonyl (C=O) groups is 1. The number of H-pyrrole nitrogens is 1. The van der Waals surface area contributed by atoms with E-state index in [9.17, 15) is 4.79 Å². The molecule has 0 saturated carbocycles. The highest BCUT2D eigenvalue weighted by Crippen LogP contribution is 2.28. The molecule has 0 unspecified atom stereocenters. The predicted octanol–water partition coefficient (Wildman–Crippen LogP) is 3.04. The van der Waals surface area contributed by atoms with Crippen molar-refractivity contribution in [3.05, 3.63) is 71.9 Å². The molecule has 5 nitrogen and oxygen atoms in total. The van der Waals surface area contributed by atoms with Gasteiger partial charge in [-0.2, -0.15) is 5.10 Å². The van der Waals surface area contributed by atoms with Gasteiger partial charge in [-0.05, 0) is 12.1 Å². The number of benzene rings is 2. The van der Waals surface area contributed by atoms with Crippen LogP contribution in [-0.4, -0.2) is 34.2 Å². The lowest BCUT2D eigenvalue weighted by Crippen LogP contribution is -2.38. The second-order valence-electron chi connectivity index (χ2n) is 6.05. The Morgan fingerprint density at radius 1 is 1.04 bits per heavy atom. The quantitative estimate of drug-likeness (QED) is 0.781. The molecule has 3 aromatic rings. The average Bonchev–Trinajstić information content (AvgIpc) is 3.06. The summed E-state index contributed by atoms with van der Waals surface area (Å²) in [6, 6.07) is 19.6. The van der Waals surface area contributed by atoms with E-state index in [1.54, 1.807) is 0 Å². The molecule has 1 amide bonds. The molecule has 0 aliphatic carbocycles. The molecular weight excluding hydrogens is 314 g/mol. The summed E-state index contributed by atoms with van der Waals surface area (Å²) in [5.41, 5.74) is 3.94. The Morgan fingerprint density at radius 2 is 1.76 bits per heavy atom. The molecule has 0 fully saturated rings. The van der Waals surface area contributed by atoms with Gasteiger partial charge in [0.05, 0.1) is 30.9 Å². The standard InChI is InChI=1S/C20H19N3O2/c24-19-13-17-18(21-22-20(17)15-7-3-1-4-8-15)14-23(19)11-12-25-16-9-5-2-6-10-16/h1-10H,11-14H2,(H,21,22). The summed E-state index contributed by atoms with van der Waals surface area (Å²) in [6.07, 6.45) is 0.376. The molecule has 4 rings (SSSR count). The van der Waals surface area contributed by atoms with Crippen LogP contribution in [0.5, 0.6) is 5.75 Å². The number of nitrogens with one attached hydrogen (secondary N) is 1. The van der Waals surface area contributed by atoms with Gasteiger partial charge in [-0.25, -0.2) is 0 Å². The molecule has 0 radical (unpaired) electrons. The number of aromatic amines is 1. The highest BCUT2D eigenvalue weighted by Gasteiger charge is 2.27. The third kappa shape index (κ3) is 3.26. The van der Waals surface area contributed by atoms with E-state index >= 15 is 0 Å². The number of ether oxygens (including phenoxy) is 1. The number of hydrogen-bond donors (Lipinski definition) is 1. The largest absolute Gasteiger partial charge is 0.492 e. The summed E-state index contributed by atoms with van der Waals surface area (Å²) in [7, 11) is 0. The summed E-state index contributed by atoms with van der Waals surface area (Å²) in [5, 5.41) is 7.53. The minimum atomic E-state index is 0.114. The van der Waals surface area contributed by atoms with E-state index in [-0.39, 0.29) is 5.91 Å². The fourth-order valence-corrected chi connectivity index (χ4v) is 3.09. The number of aromatic nitrogens is 2. The first-order valence-corrected chi connectivity index (χ1v) is 8.38. The molecule has 0 saturated heterocycles. The minimum absolute atomic E-state index is 0.114. The molecule has 5 heteroatoms. The Morgan fingerprint density at radius 3 is 2.52 bits per heavy atom. The van der Waals surface area contributed by atoms with Crippen molar-refractivity contribution in [1.29, 1.82) is 0 Å². The van der Waals surface area contributed by atoms with Gasteiger partial charge in [0, 0.05) is 11.1 Å². The number of hydrogen-bond acceptors (Lipinski definition) is 3. The first-order valence-electron chi connectivity index (χ1n) is 8.38. The maximum atomic E-state index is 12.5. The van der Waals surface area contributed by atoms with Crippen LogP contribution in [0.2, 0.25) is 0 Å². The number of nitrogens with zero attached hydrogens (tertiary/aromatic N) is 2. The Balaban J connectivity index is 1.44. The molecule has 1 aromatic heterocycles. The Labute approximate surface area is 146 Å². The zero-order valence-corrected chi connectivity index (χ0v) is 13.8. The summed E-state index contributed by atoms with van der Waals surface area (Å²) >= 11 is 0. The number of amides is 1. The lowest BCUT2D eigenvalue weighted by Gasteiger charge is -2.26. The Hall–Kier alpha value is -3.08. The molecule has 1 N–H and O–H groups in total. The van der Waals surface area contributed by atoms with Gasteiger partial charge in [0.25, 0.3) is 0 Å². The third-order valence-electron chi connectivity index (χ3n) is 4.40. The van der Waals surface area contributed by atoms with Gasteiger partial charge in [-0.15, -0.1) is 0 Å². The van der Waals surface area contributed by atoms with Crippen LogP contribution < -0.4 is 4.74 Å². The fourth-order valence-electron chi connectivity index (χ4n) is 3.09. The number of rotatable bonds is 5. The highest BCUT2D eigenvalue weighted by atomic mass is 16.5. The van der Waals surface area contributed by atoms with Crippen LogP contribution in [0.25, 0.3) is 11.3 Å². The maximum Gasteiger partial charge on any atom is 0.227 e. The maximum absolute atomic E-state index is 12.5. The van der Waals surface area contributed by atoms with Gasteiger partial charge in [-0.3, -0.25) is 9.89 Å². The van der Waals surface area contributed by atoms with E-state index in [1.165, 1.54) is 0 Å². The van der Waals surface area contributed by atoms with Crippen molar-refractivity contribution in [3.63, 3.8) is 0 Å². The summed E-state index contributed by atoms with van der Waals surface area (Å²) in [4.78, 5) is 14.3. The van der Waals surface area contributed by atoms with E-state index in [0.717, 1.165) is 28.3 Å². The zero-order chi connectivity index (χ0) is 17.1. The SMILES string of the molecule is O=C1Cc2c(-c3ccccc3)n[nH]c2CN1CCOc1ccccc1. The van der Waals surface area contributed by atoms with E-state index < -0.39 is 0 Å². The number of fused-ring (bicyclic) bond motifs is 1. The van der Waals surface area contributed by atoms with Crippen molar-refractivity contribution in [3.8, 4) is 17.0 Å². The summed E-state index contributed by atoms with van der Waals surface area (Å²) < 4.78 is 5.70. The Bertz CT molecular complexity index is 859. The van der Waals surface area contributed by atoms with Gasteiger partial charge in [0.15, 0.2) is 0 Å². The van der Waals surface area contributed by atoms with Crippen LogP contribution in [0, 0.1) is 0 Å². The van der Waals surface area contributed by atoms with Crippen molar-refractivity contribution in [2.24, 2.45) is 0 Å². The Kier molecular flexibility index (Phi) is 4.21. The van der Waals surface area contributed by atoms with Crippen LogP contribution in [0.4, 0.5) is 0 Å². The van der Waals surface area contributed by atoms with Crippen LogP contribution in [-0.2, 0) is 17.8 Å². The van der Waals surface area contributed by atoms with Crippen molar-refractivity contribution >= 4 is 5.91 Å². The number of para-hydroxylation sites is 1. The van der Waals surface area contributed by atoms with E-state index in [4.69, 9.17) is 4.74 Å². The van der Waals surface area contributed by atoms with Gasteiger partial charge in [0.1, 0.15) is 12.4 Å². The van der Waals surface area contributed by atoms with E-state index in [0.29, 0.717) is 26.1 Å². The van der Waals surface area contributed by atoms with Crippen LogP contribution in [0.1, 0.15) is 11.3 Å². The molecule has 1 aliphatic rings. The fraction of sp³-hybridized carbons (Fsp3) is 0.200.